The minimum atomic E-state index is -0.934. The van der Waals surface area contributed by atoms with Gasteiger partial charge >= 0.3 is 17.9 Å². The summed E-state index contributed by atoms with van der Waals surface area (Å²) in [6, 6.07) is 14.2. The molecule has 272 valence electrons. The average molecular weight is 704 g/mol. The molecule has 1 aromatic heterocycles. The van der Waals surface area contributed by atoms with Gasteiger partial charge in [-0.3, -0.25) is 14.3 Å². The van der Waals surface area contributed by atoms with Gasteiger partial charge in [-0.2, -0.15) is 5.26 Å². The fourth-order valence-electron chi connectivity index (χ4n) is 5.65. The number of fused-ring (bicyclic) bond motifs is 1. The summed E-state index contributed by atoms with van der Waals surface area (Å²) in [5.41, 5.74) is 2.50. The van der Waals surface area contributed by atoms with Gasteiger partial charge < -0.3 is 33.6 Å². The summed E-state index contributed by atoms with van der Waals surface area (Å²) in [5.74, 6) is -1.05. The third kappa shape index (κ3) is 9.70. The number of aromatic nitrogens is 1. The molecule has 51 heavy (non-hydrogen) atoms. The van der Waals surface area contributed by atoms with Gasteiger partial charge in [0.05, 0.1) is 36.9 Å². The van der Waals surface area contributed by atoms with Gasteiger partial charge in [-0.15, -0.1) is 0 Å². The van der Waals surface area contributed by atoms with Crippen molar-refractivity contribution in [2.45, 2.75) is 84.3 Å². The van der Waals surface area contributed by atoms with Gasteiger partial charge in [0.1, 0.15) is 30.1 Å². The topological polar surface area (TPSA) is 166 Å². The Kier molecular flexibility index (Phi) is 11.1. The van der Waals surface area contributed by atoms with E-state index in [1.54, 1.807) is 47.6 Å². The van der Waals surface area contributed by atoms with Crippen molar-refractivity contribution in [1.29, 1.82) is 5.26 Å². The highest BCUT2D eigenvalue weighted by Crippen LogP contribution is 2.26. The molecule has 2 aliphatic heterocycles. The maximum atomic E-state index is 13.1. The normalized spacial score (nSPS) is 17.4. The minimum absolute atomic E-state index is 0.0236. The fourth-order valence-corrected chi connectivity index (χ4v) is 5.65. The predicted octanol–water partition coefficient (Wildman–Crippen LogP) is 4.95. The molecular formula is C37H45N5O9. The number of carbonyl (C=O) groups is 3. The van der Waals surface area contributed by atoms with Crippen LogP contribution in [-0.2, 0) is 36.7 Å². The maximum Gasteiger partial charge on any atom is 0.420 e. The van der Waals surface area contributed by atoms with Crippen LogP contribution in [0.1, 0.15) is 53.5 Å². The zero-order valence-corrected chi connectivity index (χ0v) is 29.9. The van der Waals surface area contributed by atoms with Crippen LogP contribution in [0, 0.1) is 11.3 Å². The largest absolute Gasteiger partial charge is 0.497 e. The molecule has 2 aromatic carbocycles. The fraction of sp³-hybridized carbons (Fsp3) is 0.486. The van der Waals surface area contributed by atoms with Crippen LogP contribution < -0.4 is 11.1 Å². The molecule has 14 nitrogen and oxygen atoms in total. The predicted molar refractivity (Wildman–Crippen MR) is 186 cm³/mol. The second-order valence-corrected chi connectivity index (χ2v) is 14.5. The van der Waals surface area contributed by atoms with E-state index >= 15 is 0 Å². The van der Waals surface area contributed by atoms with Crippen molar-refractivity contribution in [2.75, 3.05) is 32.8 Å². The highest BCUT2D eigenvalue weighted by atomic mass is 16.6. The zero-order valence-electron chi connectivity index (χ0n) is 29.9. The van der Waals surface area contributed by atoms with E-state index in [9.17, 15) is 24.4 Å². The summed E-state index contributed by atoms with van der Waals surface area (Å²) >= 11 is 0. The van der Waals surface area contributed by atoms with Gasteiger partial charge in [0.15, 0.2) is 11.7 Å². The summed E-state index contributed by atoms with van der Waals surface area (Å²) in [5, 5.41) is 12.6. The van der Waals surface area contributed by atoms with Gasteiger partial charge in [-0.05, 0) is 76.8 Å². The molecule has 1 saturated heterocycles. The molecule has 3 amide bonds. The molecule has 0 unspecified atom stereocenters. The van der Waals surface area contributed by atoms with E-state index in [1.165, 1.54) is 20.6 Å². The van der Waals surface area contributed by atoms with Crippen molar-refractivity contribution in [1.82, 2.24) is 19.7 Å². The number of allylic oxidation sites excluding steroid dienone is 1. The molecule has 14 heteroatoms. The average Bonchev–Trinajstić information content (AvgIpc) is 3.20. The van der Waals surface area contributed by atoms with E-state index in [1.807, 2.05) is 36.4 Å². The molecule has 3 aromatic rings. The molecule has 0 saturated carbocycles. The molecule has 0 aliphatic carbocycles. The quantitative estimate of drug-likeness (QED) is 0.356. The number of hydrogen-bond donors (Lipinski definition) is 1. The van der Waals surface area contributed by atoms with Crippen LogP contribution in [0.25, 0.3) is 22.2 Å². The van der Waals surface area contributed by atoms with Gasteiger partial charge in [-0.25, -0.2) is 14.4 Å². The second kappa shape index (κ2) is 15.3. The number of benzene rings is 2. The summed E-state index contributed by atoms with van der Waals surface area (Å²) in [6.07, 6.45) is 0.286. The van der Waals surface area contributed by atoms with Crippen molar-refractivity contribution in [2.24, 2.45) is 0 Å². The van der Waals surface area contributed by atoms with Crippen LogP contribution in [0.5, 0.6) is 0 Å². The first-order chi connectivity index (χ1) is 24.1. The van der Waals surface area contributed by atoms with Crippen molar-refractivity contribution in [3.8, 4) is 17.2 Å². The first kappa shape index (κ1) is 37.0. The monoisotopic (exact) mass is 703 g/mol. The Morgan fingerprint density at radius 2 is 1.65 bits per heavy atom. The van der Waals surface area contributed by atoms with Crippen LogP contribution in [0.15, 0.2) is 63.6 Å². The second-order valence-electron chi connectivity index (χ2n) is 14.5. The number of carbonyl (C=O) groups excluding carboxylic acids is 3. The van der Waals surface area contributed by atoms with E-state index in [2.05, 4.69) is 11.4 Å². The lowest BCUT2D eigenvalue weighted by Gasteiger charge is -2.31. The molecule has 5 rings (SSSR count). The van der Waals surface area contributed by atoms with Crippen LogP contribution >= 0.6 is 0 Å². The van der Waals surface area contributed by atoms with Gasteiger partial charge in [0, 0.05) is 19.6 Å². The number of nitriles is 1. The van der Waals surface area contributed by atoms with Crippen LogP contribution in [0.3, 0.4) is 0 Å². The van der Waals surface area contributed by atoms with Crippen LogP contribution in [0.2, 0.25) is 0 Å². The number of ether oxygens (including phenoxy) is 4. The molecule has 2 aliphatic rings. The summed E-state index contributed by atoms with van der Waals surface area (Å²) in [4.78, 5) is 54.5. The summed E-state index contributed by atoms with van der Waals surface area (Å²) < 4.78 is 29.2. The maximum absolute atomic E-state index is 13.1. The van der Waals surface area contributed by atoms with Crippen molar-refractivity contribution in [3.05, 3.63) is 70.5 Å². The van der Waals surface area contributed by atoms with Crippen molar-refractivity contribution >= 4 is 29.2 Å². The van der Waals surface area contributed by atoms with Gasteiger partial charge in [0.25, 0.3) is 5.91 Å². The Balaban J connectivity index is 1.26. The minimum Gasteiger partial charge on any atom is -0.497 e. The number of nitrogens with one attached hydrogen (secondary N) is 1. The lowest BCUT2D eigenvalue weighted by molar-refractivity contribution is -0.133. The molecule has 1 N–H and O–H groups in total. The highest BCUT2D eigenvalue weighted by molar-refractivity contribution is 5.83. The standard InChI is InChI=1S/C37H45N5O9/c1-36(2,3)50-33(44)40-14-7-16-48-31(22-40)32(43)39-27(20-38)18-24-8-10-25(11-9-24)26-12-13-30-29(19-26)42(34(45)49-30)21-28-23-47-17-15-41(28)35(46)51-37(4,5)6/h8-13,19,23,27,31H,7,14-18,21-22H2,1-6H3,(H,39,43)/t27-,31-/m0/s1. The third-order valence-corrected chi connectivity index (χ3v) is 8.02. The Hall–Kier alpha value is -5.29. The number of rotatable bonds is 7. The Labute approximate surface area is 296 Å². The molecular weight excluding hydrogens is 658 g/mol. The van der Waals surface area contributed by atoms with E-state index in [4.69, 9.17) is 23.4 Å². The lowest BCUT2D eigenvalue weighted by atomic mass is 10.0. The first-order valence-corrected chi connectivity index (χ1v) is 16.9. The Bertz CT molecular complexity index is 1880. The third-order valence-electron chi connectivity index (χ3n) is 8.02. The zero-order chi connectivity index (χ0) is 36.9. The molecule has 0 spiro atoms. The summed E-state index contributed by atoms with van der Waals surface area (Å²) in [6.45, 7) is 12.0. The van der Waals surface area contributed by atoms with E-state index in [0.717, 1.165) is 16.7 Å². The SMILES string of the molecule is CC(C)(C)OC(=O)N1CCCO[C@H](C(=O)N[C@H](C#N)Cc2ccc(-c3ccc4oc(=O)n(CC5=COCCN5C(=O)OC(C)(C)C)c4c3)cc2)C1. The number of nitrogens with zero attached hydrogens (tertiary/aromatic N) is 4. The first-order valence-electron chi connectivity index (χ1n) is 16.9. The highest BCUT2D eigenvalue weighted by Gasteiger charge is 2.32. The molecule has 2 atom stereocenters. The number of hydrogen-bond acceptors (Lipinski definition) is 10. The van der Waals surface area contributed by atoms with E-state index < -0.39 is 47.2 Å². The summed E-state index contributed by atoms with van der Waals surface area (Å²) in [7, 11) is 0. The van der Waals surface area contributed by atoms with E-state index in [0.29, 0.717) is 43.0 Å². The van der Waals surface area contributed by atoms with E-state index in [-0.39, 0.29) is 26.1 Å². The smallest absolute Gasteiger partial charge is 0.420 e. The molecule has 0 bridgehead atoms. The van der Waals surface area contributed by atoms with Crippen LogP contribution in [0.4, 0.5) is 9.59 Å². The van der Waals surface area contributed by atoms with Gasteiger partial charge in [-0.1, -0.05) is 30.3 Å². The van der Waals surface area contributed by atoms with Crippen LogP contribution in [-0.4, -0.2) is 88.7 Å². The molecule has 0 radical (unpaired) electrons. The Morgan fingerprint density at radius 3 is 2.33 bits per heavy atom. The van der Waals surface area contributed by atoms with Crippen molar-refractivity contribution in [3.63, 3.8) is 0 Å². The van der Waals surface area contributed by atoms with Crippen molar-refractivity contribution < 1.29 is 37.7 Å². The van der Waals surface area contributed by atoms with Gasteiger partial charge in [0.2, 0.25) is 0 Å². The number of oxazole rings is 1. The number of amides is 3. The lowest BCUT2D eigenvalue weighted by Crippen LogP contribution is -2.48. The Morgan fingerprint density at radius 1 is 0.961 bits per heavy atom. The molecule has 3 heterocycles. The molecule has 1 fully saturated rings.